The molecule has 0 aromatic heterocycles. The molecule has 0 aliphatic carbocycles. The van der Waals surface area contributed by atoms with Crippen LogP contribution in [0.5, 0.6) is 0 Å². The Hall–Kier alpha value is 1.14. The maximum atomic E-state index is 2.12. The third kappa shape index (κ3) is 9.23. The summed E-state index contributed by atoms with van der Waals surface area (Å²) in [6, 6.07) is 8.48. The van der Waals surface area contributed by atoms with E-state index < -0.39 is 0 Å². The van der Waals surface area contributed by atoms with Crippen LogP contribution in [0, 0.1) is 13.8 Å². The van der Waals surface area contributed by atoms with Crippen LogP contribution in [0.15, 0.2) is 24.3 Å². The molecule has 0 unspecified atom stereocenters. The summed E-state index contributed by atoms with van der Waals surface area (Å²) in [6.07, 6.45) is 0. The van der Waals surface area contributed by atoms with Crippen LogP contribution in [0.25, 0.3) is 0 Å². The van der Waals surface area contributed by atoms with E-state index in [9.17, 15) is 0 Å². The highest BCUT2D eigenvalue weighted by Gasteiger charge is 1.79. The van der Waals surface area contributed by atoms with Crippen molar-refractivity contribution in [1.82, 2.24) is 0 Å². The molecule has 74 valence electrons. The highest BCUT2D eigenvalue weighted by molar-refractivity contribution is 8.93. The first-order valence-electron chi connectivity index (χ1n) is 2.82. The quantitative estimate of drug-likeness (QED) is 0.565. The Bertz CT molecular complexity index is 150. The molecule has 0 atom stereocenters. The van der Waals surface area contributed by atoms with E-state index in [2.05, 4.69) is 38.1 Å². The monoisotopic (exact) mass is 426 g/mol. The van der Waals surface area contributed by atoms with E-state index >= 15 is 0 Å². The second-order valence-electron chi connectivity index (χ2n) is 2.15. The van der Waals surface area contributed by atoms with Crippen molar-refractivity contribution in [2.24, 2.45) is 0 Å². The zero-order valence-electron chi connectivity index (χ0n) is 6.94. The first-order chi connectivity index (χ1) is 3.79. The molecule has 0 saturated heterocycles. The summed E-state index contributed by atoms with van der Waals surface area (Å²) in [5.41, 5.74) is 2.66. The van der Waals surface area contributed by atoms with Crippen molar-refractivity contribution in [3.05, 3.63) is 35.4 Å². The molecule has 0 radical (unpaired) electrons. The first kappa shape index (κ1) is 23.2. The molecule has 1 rings (SSSR count). The fraction of sp³-hybridized carbons (Fsp3) is 0.250. The summed E-state index contributed by atoms with van der Waals surface area (Å²) >= 11 is 0. The largest absolute Gasteiger partial charge is 0.114 e. The highest BCUT2D eigenvalue weighted by atomic mass is 79.9. The predicted octanol–water partition coefficient (Wildman–Crippen LogP) is 4.62. The van der Waals surface area contributed by atoms with Crippen LogP contribution in [0.2, 0.25) is 0 Å². The van der Waals surface area contributed by atoms with Crippen LogP contribution in [0.3, 0.4) is 0 Å². The Morgan fingerprint density at radius 1 is 0.583 bits per heavy atom. The van der Waals surface area contributed by atoms with Gasteiger partial charge in [-0.1, -0.05) is 35.4 Å². The number of rotatable bonds is 0. The first-order valence-corrected chi connectivity index (χ1v) is 2.82. The fourth-order valence-corrected chi connectivity index (χ4v) is 0.637. The Kier molecular flexibility index (Phi) is 23.5. The number of halogens is 4. The van der Waals surface area contributed by atoms with Crippen molar-refractivity contribution >= 4 is 67.9 Å². The molecule has 0 saturated carbocycles. The minimum absolute atomic E-state index is 0. The molecule has 0 amide bonds. The van der Waals surface area contributed by atoms with Gasteiger partial charge in [0.05, 0.1) is 0 Å². The van der Waals surface area contributed by atoms with E-state index in [1.165, 1.54) is 11.1 Å². The van der Waals surface area contributed by atoms with Crippen LogP contribution in [0.4, 0.5) is 0 Å². The molecule has 1 aromatic rings. The van der Waals surface area contributed by atoms with Crippen LogP contribution in [0.1, 0.15) is 11.1 Å². The lowest BCUT2D eigenvalue weighted by molar-refractivity contribution is 1.40. The zero-order chi connectivity index (χ0) is 5.98. The summed E-state index contributed by atoms with van der Waals surface area (Å²) in [5.74, 6) is 0. The van der Waals surface area contributed by atoms with Gasteiger partial charge in [0.25, 0.3) is 0 Å². The molecule has 0 nitrogen and oxygen atoms in total. The Morgan fingerprint density at radius 3 is 0.917 bits per heavy atom. The van der Waals surface area contributed by atoms with E-state index in [1.54, 1.807) is 0 Å². The van der Waals surface area contributed by atoms with Crippen molar-refractivity contribution in [3.8, 4) is 0 Å². The summed E-state index contributed by atoms with van der Waals surface area (Å²) < 4.78 is 0. The van der Waals surface area contributed by atoms with Crippen molar-refractivity contribution < 1.29 is 0 Å². The maximum absolute atomic E-state index is 2.12. The summed E-state index contributed by atoms with van der Waals surface area (Å²) in [7, 11) is 0. The number of benzene rings is 1. The second-order valence-corrected chi connectivity index (χ2v) is 2.15. The predicted molar refractivity (Wildman–Crippen MR) is 77.2 cm³/mol. The minimum atomic E-state index is 0. The van der Waals surface area contributed by atoms with Gasteiger partial charge in [-0.15, -0.1) is 67.9 Å². The Balaban J connectivity index is -0.0000000800. The molecule has 1 aromatic carbocycles. The van der Waals surface area contributed by atoms with Crippen molar-refractivity contribution in [2.45, 2.75) is 13.8 Å². The smallest absolute Gasteiger partial charge is 0.0398 e. The van der Waals surface area contributed by atoms with Gasteiger partial charge in [-0.2, -0.15) is 0 Å². The van der Waals surface area contributed by atoms with Gasteiger partial charge in [-0.05, 0) is 13.8 Å². The van der Waals surface area contributed by atoms with E-state index in [0.717, 1.165) is 0 Å². The van der Waals surface area contributed by atoms with Crippen LogP contribution < -0.4 is 0 Å². The minimum Gasteiger partial charge on any atom is -0.114 e. The molecule has 12 heavy (non-hydrogen) atoms. The van der Waals surface area contributed by atoms with Gasteiger partial charge < -0.3 is 0 Å². The molecule has 4 heteroatoms. The average Bonchev–Trinajstić information content (AvgIpc) is 1.77. The third-order valence-electron chi connectivity index (χ3n) is 1.22. The topological polar surface area (TPSA) is 0 Å². The molecular formula is C8H14Br4. The van der Waals surface area contributed by atoms with Gasteiger partial charge in [0, 0.05) is 0 Å². The molecule has 0 spiro atoms. The molecule has 0 fully saturated rings. The van der Waals surface area contributed by atoms with Gasteiger partial charge in [0.1, 0.15) is 0 Å². The second kappa shape index (κ2) is 12.1. The number of hydrogen-bond donors (Lipinski definition) is 0. The fourth-order valence-electron chi connectivity index (χ4n) is 0.637. The average molecular weight is 430 g/mol. The molecule has 0 heterocycles. The van der Waals surface area contributed by atoms with Gasteiger partial charge in [-0.25, -0.2) is 0 Å². The van der Waals surface area contributed by atoms with Gasteiger partial charge in [0.15, 0.2) is 0 Å². The molecule has 0 N–H and O–H groups in total. The normalized spacial score (nSPS) is 6.17. The van der Waals surface area contributed by atoms with Gasteiger partial charge in [-0.3, -0.25) is 0 Å². The third-order valence-corrected chi connectivity index (χ3v) is 1.22. The van der Waals surface area contributed by atoms with E-state index in [0.29, 0.717) is 0 Å². The summed E-state index contributed by atoms with van der Waals surface area (Å²) in [5, 5.41) is 0. The maximum Gasteiger partial charge on any atom is -0.0398 e. The van der Waals surface area contributed by atoms with Crippen LogP contribution in [-0.2, 0) is 0 Å². The molecular weight excluding hydrogens is 416 g/mol. The van der Waals surface area contributed by atoms with Crippen LogP contribution >= 0.6 is 67.9 Å². The lowest BCUT2D eigenvalue weighted by Crippen LogP contribution is -1.70. The molecule has 0 aliphatic rings. The Morgan fingerprint density at radius 2 is 0.750 bits per heavy atom. The van der Waals surface area contributed by atoms with Crippen molar-refractivity contribution in [1.29, 1.82) is 0 Å². The number of aryl methyl sites for hydroxylation is 2. The van der Waals surface area contributed by atoms with Crippen molar-refractivity contribution in [2.75, 3.05) is 0 Å². The standard InChI is InChI=1S/C8H10.4BrH/c1-7-3-5-8(2)6-4-7;;;;/h3-6H,1-2H3;4*1H. The Labute approximate surface area is 116 Å². The number of hydrogen-bond acceptors (Lipinski definition) is 0. The molecule has 0 bridgehead atoms. The summed E-state index contributed by atoms with van der Waals surface area (Å²) in [6.45, 7) is 4.19. The van der Waals surface area contributed by atoms with E-state index in [4.69, 9.17) is 0 Å². The lowest BCUT2D eigenvalue weighted by Gasteiger charge is -1.90. The highest BCUT2D eigenvalue weighted by Crippen LogP contribution is 1.99. The molecule has 0 aliphatic heterocycles. The van der Waals surface area contributed by atoms with Crippen molar-refractivity contribution in [3.63, 3.8) is 0 Å². The van der Waals surface area contributed by atoms with E-state index in [1.807, 2.05) is 0 Å². The van der Waals surface area contributed by atoms with Gasteiger partial charge in [0.2, 0.25) is 0 Å². The van der Waals surface area contributed by atoms with E-state index in [-0.39, 0.29) is 67.9 Å². The zero-order valence-corrected chi connectivity index (χ0v) is 13.8. The van der Waals surface area contributed by atoms with Gasteiger partial charge >= 0.3 is 0 Å². The summed E-state index contributed by atoms with van der Waals surface area (Å²) in [4.78, 5) is 0. The SMILES string of the molecule is Br.Br.Br.Br.Cc1ccc(C)cc1. The lowest BCUT2D eigenvalue weighted by atomic mass is 10.2. The van der Waals surface area contributed by atoms with Crippen LogP contribution in [-0.4, -0.2) is 0 Å².